The van der Waals surface area contributed by atoms with Gasteiger partial charge < -0.3 is 20.7 Å². The summed E-state index contributed by atoms with van der Waals surface area (Å²) in [5.41, 5.74) is 11.3. The maximum absolute atomic E-state index is 10.0. The molecule has 6 nitrogen and oxygen atoms in total. The minimum Gasteiger partial charge on any atom is -0.390 e. The maximum Gasteiger partial charge on any atom is 0.153 e. The monoisotopic (exact) mass is 391 g/mol. The van der Waals surface area contributed by atoms with Gasteiger partial charge in [0.2, 0.25) is 0 Å². The minimum atomic E-state index is -0.108. The lowest BCUT2D eigenvalue weighted by atomic mass is 9.74. The number of nitrogens with one attached hydrogen (secondary N) is 1. The first-order chi connectivity index (χ1) is 14.1. The summed E-state index contributed by atoms with van der Waals surface area (Å²) in [7, 11) is 0. The van der Waals surface area contributed by atoms with Crippen molar-refractivity contribution in [3.8, 4) is 11.3 Å². The van der Waals surface area contributed by atoms with Gasteiger partial charge in [-0.3, -0.25) is 0 Å². The van der Waals surface area contributed by atoms with Crippen LogP contribution in [0.2, 0.25) is 0 Å². The van der Waals surface area contributed by atoms with Crippen molar-refractivity contribution in [3.05, 3.63) is 41.9 Å². The SMILES string of the molecule is Cc1nc(N2CCC3(CCC[C@H]3N)CC2)c(CO)nc1-c1ccc2[nH]ccc2c1. The average molecular weight is 392 g/mol. The van der Waals surface area contributed by atoms with Gasteiger partial charge in [-0.2, -0.15) is 0 Å². The van der Waals surface area contributed by atoms with E-state index in [2.05, 4.69) is 34.1 Å². The van der Waals surface area contributed by atoms with Crippen LogP contribution in [0.15, 0.2) is 30.5 Å². The summed E-state index contributed by atoms with van der Waals surface area (Å²) < 4.78 is 0. The molecule has 4 N–H and O–H groups in total. The highest BCUT2D eigenvalue weighted by atomic mass is 16.3. The zero-order valence-corrected chi connectivity index (χ0v) is 17.0. The Balaban J connectivity index is 1.45. The molecule has 152 valence electrons. The van der Waals surface area contributed by atoms with Gasteiger partial charge in [0, 0.05) is 41.8 Å². The number of hydrogen-bond donors (Lipinski definition) is 3. The molecule has 0 unspecified atom stereocenters. The molecule has 2 fully saturated rings. The number of hydrogen-bond acceptors (Lipinski definition) is 5. The lowest BCUT2D eigenvalue weighted by molar-refractivity contribution is 0.196. The van der Waals surface area contributed by atoms with Crippen molar-refractivity contribution < 1.29 is 5.11 Å². The van der Waals surface area contributed by atoms with Crippen LogP contribution >= 0.6 is 0 Å². The van der Waals surface area contributed by atoms with Gasteiger partial charge in [0.15, 0.2) is 5.82 Å². The van der Waals surface area contributed by atoms with Gasteiger partial charge in [-0.15, -0.1) is 0 Å². The van der Waals surface area contributed by atoms with E-state index in [1.54, 1.807) is 0 Å². The maximum atomic E-state index is 10.0. The normalized spacial score (nSPS) is 21.3. The van der Waals surface area contributed by atoms with E-state index in [1.165, 1.54) is 12.8 Å². The molecule has 2 aromatic heterocycles. The number of aliphatic hydroxyl groups excluding tert-OH is 1. The number of piperidine rings is 1. The van der Waals surface area contributed by atoms with Crippen LogP contribution < -0.4 is 10.6 Å². The van der Waals surface area contributed by atoms with Crippen molar-refractivity contribution in [1.82, 2.24) is 15.0 Å². The van der Waals surface area contributed by atoms with E-state index in [4.69, 9.17) is 15.7 Å². The second-order valence-corrected chi connectivity index (χ2v) is 8.71. The number of H-pyrrole nitrogens is 1. The standard InChI is InChI=1S/C23H29N5O/c1-15-21(17-4-5-18-16(13-17)6-10-25-18)27-19(14-29)22(26-15)28-11-8-23(9-12-28)7-2-3-20(23)24/h4-6,10,13,20,25,29H,2-3,7-9,11-12,14,24H2,1H3/t20-/m1/s1. The molecule has 1 saturated heterocycles. The highest BCUT2D eigenvalue weighted by molar-refractivity contribution is 5.84. The highest BCUT2D eigenvalue weighted by Gasteiger charge is 2.43. The van der Waals surface area contributed by atoms with Crippen molar-refractivity contribution in [2.45, 2.75) is 51.7 Å². The lowest BCUT2D eigenvalue weighted by Crippen LogP contribution is -2.47. The molecular formula is C23H29N5O. The third-order valence-corrected chi connectivity index (χ3v) is 7.13. The molecule has 1 saturated carbocycles. The topological polar surface area (TPSA) is 91.1 Å². The molecule has 3 aromatic rings. The Kier molecular flexibility index (Phi) is 4.56. The summed E-state index contributed by atoms with van der Waals surface area (Å²) in [4.78, 5) is 15.3. The number of fused-ring (bicyclic) bond motifs is 1. The predicted molar refractivity (Wildman–Crippen MR) is 116 cm³/mol. The first-order valence-corrected chi connectivity index (χ1v) is 10.7. The highest BCUT2D eigenvalue weighted by Crippen LogP contribution is 2.46. The third kappa shape index (κ3) is 3.11. The van der Waals surface area contributed by atoms with Crippen molar-refractivity contribution in [2.24, 2.45) is 11.1 Å². The summed E-state index contributed by atoms with van der Waals surface area (Å²) >= 11 is 0. The molecule has 0 amide bonds. The molecule has 6 heteroatoms. The van der Waals surface area contributed by atoms with Gasteiger partial charge in [-0.1, -0.05) is 12.5 Å². The number of benzene rings is 1. The Morgan fingerprint density at radius 2 is 2.03 bits per heavy atom. The lowest BCUT2D eigenvalue weighted by Gasteiger charge is -2.42. The van der Waals surface area contributed by atoms with Crippen LogP contribution in [0.3, 0.4) is 0 Å². The fraction of sp³-hybridized carbons (Fsp3) is 0.478. The Morgan fingerprint density at radius 1 is 1.21 bits per heavy atom. The smallest absolute Gasteiger partial charge is 0.153 e. The van der Waals surface area contributed by atoms with Gasteiger partial charge in [0.05, 0.1) is 18.0 Å². The zero-order valence-electron chi connectivity index (χ0n) is 17.0. The summed E-state index contributed by atoms with van der Waals surface area (Å²) in [6, 6.07) is 8.63. The van der Waals surface area contributed by atoms with E-state index < -0.39 is 0 Å². The molecule has 1 aliphatic carbocycles. The van der Waals surface area contributed by atoms with Gasteiger partial charge >= 0.3 is 0 Å². The minimum absolute atomic E-state index is 0.108. The Labute approximate surface area is 171 Å². The Hall–Kier alpha value is -2.44. The van der Waals surface area contributed by atoms with E-state index in [0.29, 0.717) is 17.2 Å². The van der Waals surface area contributed by atoms with Gasteiger partial charge in [-0.05, 0) is 56.2 Å². The molecule has 1 aromatic carbocycles. The molecule has 5 rings (SSSR count). The zero-order chi connectivity index (χ0) is 20.0. The Morgan fingerprint density at radius 3 is 2.76 bits per heavy atom. The van der Waals surface area contributed by atoms with Crippen LogP contribution in [0.5, 0.6) is 0 Å². The first-order valence-electron chi connectivity index (χ1n) is 10.7. The molecule has 3 heterocycles. The second kappa shape index (κ2) is 7.11. The molecule has 2 aliphatic rings. The van der Waals surface area contributed by atoms with Crippen molar-refractivity contribution in [3.63, 3.8) is 0 Å². The average Bonchev–Trinajstić information content (AvgIpc) is 3.35. The number of aromatic nitrogens is 3. The molecule has 1 aliphatic heterocycles. The molecule has 0 bridgehead atoms. The molecule has 1 spiro atoms. The predicted octanol–water partition coefficient (Wildman–Crippen LogP) is 3.52. The van der Waals surface area contributed by atoms with Crippen LogP contribution in [0.1, 0.15) is 43.5 Å². The largest absolute Gasteiger partial charge is 0.390 e. The van der Waals surface area contributed by atoms with Crippen LogP contribution in [0, 0.1) is 12.3 Å². The second-order valence-electron chi connectivity index (χ2n) is 8.71. The van der Waals surface area contributed by atoms with E-state index in [1.807, 2.05) is 13.1 Å². The number of rotatable bonds is 3. The fourth-order valence-electron chi connectivity index (χ4n) is 5.33. The number of nitrogens with zero attached hydrogens (tertiary/aromatic N) is 3. The third-order valence-electron chi connectivity index (χ3n) is 7.13. The fourth-order valence-corrected chi connectivity index (χ4v) is 5.33. The number of nitrogens with two attached hydrogens (primary N) is 1. The number of aliphatic hydroxyl groups is 1. The quantitative estimate of drug-likeness (QED) is 0.635. The summed E-state index contributed by atoms with van der Waals surface area (Å²) in [6.45, 7) is 3.77. The Bertz CT molecular complexity index is 1030. The molecule has 0 radical (unpaired) electrons. The number of aromatic amines is 1. The summed E-state index contributed by atoms with van der Waals surface area (Å²) in [5.74, 6) is 0.831. The molecular weight excluding hydrogens is 362 g/mol. The van der Waals surface area contributed by atoms with Crippen LogP contribution in [0.4, 0.5) is 5.82 Å². The van der Waals surface area contributed by atoms with Crippen LogP contribution in [-0.2, 0) is 6.61 Å². The van der Waals surface area contributed by atoms with Crippen molar-refractivity contribution in [2.75, 3.05) is 18.0 Å². The number of anilines is 1. The van der Waals surface area contributed by atoms with Crippen LogP contribution in [0.25, 0.3) is 22.2 Å². The van der Waals surface area contributed by atoms with Gasteiger partial charge in [0.1, 0.15) is 5.69 Å². The van der Waals surface area contributed by atoms with Gasteiger partial charge in [-0.25, -0.2) is 9.97 Å². The van der Waals surface area contributed by atoms with E-state index in [-0.39, 0.29) is 6.61 Å². The molecule has 29 heavy (non-hydrogen) atoms. The first kappa shape index (κ1) is 18.6. The van der Waals surface area contributed by atoms with Crippen molar-refractivity contribution >= 4 is 16.7 Å². The van der Waals surface area contributed by atoms with Crippen LogP contribution in [-0.4, -0.2) is 39.2 Å². The summed E-state index contributed by atoms with van der Waals surface area (Å²) in [5, 5.41) is 11.2. The van der Waals surface area contributed by atoms with Crippen molar-refractivity contribution in [1.29, 1.82) is 0 Å². The van der Waals surface area contributed by atoms with E-state index >= 15 is 0 Å². The van der Waals surface area contributed by atoms with E-state index in [0.717, 1.165) is 66.0 Å². The number of aryl methyl sites for hydroxylation is 1. The summed E-state index contributed by atoms with van der Waals surface area (Å²) in [6.07, 6.45) is 7.80. The van der Waals surface area contributed by atoms with Gasteiger partial charge in [0.25, 0.3) is 0 Å². The van der Waals surface area contributed by atoms with E-state index in [9.17, 15) is 5.11 Å². The molecule has 1 atom stereocenters.